The lowest BCUT2D eigenvalue weighted by Gasteiger charge is -1.96. The van der Waals surface area contributed by atoms with Crippen LogP contribution in [0.2, 0.25) is 0 Å². The maximum atomic E-state index is 8.98. The number of pyridine rings is 1. The SMILES string of the molecule is Cc1cnc2c(c1)nc(CO)n2C. The number of fused-ring (bicyclic) bond motifs is 1. The summed E-state index contributed by atoms with van der Waals surface area (Å²) in [6.07, 6.45) is 1.80. The standard InChI is InChI=1S/C9H11N3O/c1-6-3-7-9(10-4-6)12(2)8(5-13)11-7/h3-4,13H,5H2,1-2H3. The summed E-state index contributed by atoms with van der Waals surface area (Å²) in [5.41, 5.74) is 2.73. The van der Waals surface area contributed by atoms with Crippen LogP contribution in [0.1, 0.15) is 11.4 Å². The van der Waals surface area contributed by atoms with Crippen molar-refractivity contribution in [2.45, 2.75) is 13.5 Å². The highest BCUT2D eigenvalue weighted by atomic mass is 16.3. The van der Waals surface area contributed by atoms with Gasteiger partial charge in [-0.15, -0.1) is 0 Å². The molecule has 2 rings (SSSR count). The molecule has 1 N–H and O–H groups in total. The van der Waals surface area contributed by atoms with E-state index in [-0.39, 0.29) is 6.61 Å². The lowest BCUT2D eigenvalue weighted by Crippen LogP contribution is -1.97. The van der Waals surface area contributed by atoms with Crippen LogP contribution in [0.3, 0.4) is 0 Å². The van der Waals surface area contributed by atoms with Gasteiger partial charge in [-0.1, -0.05) is 0 Å². The number of imidazole rings is 1. The fourth-order valence-electron chi connectivity index (χ4n) is 1.36. The first-order valence-electron chi connectivity index (χ1n) is 4.11. The molecule has 0 aliphatic heterocycles. The van der Waals surface area contributed by atoms with E-state index in [1.807, 2.05) is 20.0 Å². The summed E-state index contributed by atoms with van der Waals surface area (Å²) in [6, 6.07) is 1.96. The van der Waals surface area contributed by atoms with E-state index >= 15 is 0 Å². The second-order valence-electron chi connectivity index (χ2n) is 3.10. The summed E-state index contributed by atoms with van der Waals surface area (Å²) in [5.74, 6) is 0.646. The van der Waals surface area contributed by atoms with E-state index in [0.717, 1.165) is 16.7 Å². The van der Waals surface area contributed by atoms with E-state index in [0.29, 0.717) is 5.82 Å². The molecule has 0 aliphatic rings. The molecule has 68 valence electrons. The van der Waals surface area contributed by atoms with Crippen molar-refractivity contribution in [2.75, 3.05) is 0 Å². The van der Waals surface area contributed by atoms with Gasteiger partial charge in [0.25, 0.3) is 0 Å². The minimum absolute atomic E-state index is 0.0497. The molecular formula is C9H11N3O. The Bertz CT molecular complexity index is 447. The molecule has 4 heteroatoms. The molecular weight excluding hydrogens is 166 g/mol. The van der Waals surface area contributed by atoms with Crippen LogP contribution < -0.4 is 0 Å². The highest BCUT2D eigenvalue weighted by Crippen LogP contribution is 2.13. The predicted octanol–water partition coefficient (Wildman–Crippen LogP) is 0.769. The Morgan fingerprint density at radius 1 is 1.54 bits per heavy atom. The first kappa shape index (κ1) is 8.19. The molecule has 0 amide bonds. The van der Waals surface area contributed by atoms with E-state index in [1.54, 1.807) is 10.8 Å². The zero-order valence-corrected chi connectivity index (χ0v) is 7.65. The van der Waals surface area contributed by atoms with Crippen LogP contribution in [0.15, 0.2) is 12.3 Å². The Balaban J connectivity index is 2.76. The van der Waals surface area contributed by atoms with Crippen LogP contribution in [-0.2, 0) is 13.7 Å². The fourth-order valence-corrected chi connectivity index (χ4v) is 1.36. The molecule has 0 saturated carbocycles. The Hall–Kier alpha value is -1.42. The van der Waals surface area contributed by atoms with Gasteiger partial charge >= 0.3 is 0 Å². The van der Waals surface area contributed by atoms with Crippen LogP contribution >= 0.6 is 0 Å². The number of rotatable bonds is 1. The van der Waals surface area contributed by atoms with E-state index in [4.69, 9.17) is 5.11 Å². The monoisotopic (exact) mass is 177 g/mol. The van der Waals surface area contributed by atoms with Gasteiger partial charge in [0, 0.05) is 13.2 Å². The first-order chi connectivity index (χ1) is 6.22. The average Bonchev–Trinajstić information content (AvgIpc) is 2.42. The Morgan fingerprint density at radius 3 is 3.00 bits per heavy atom. The molecule has 0 spiro atoms. The maximum absolute atomic E-state index is 8.98. The third-order valence-electron chi connectivity index (χ3n) is 2.08. The van der Waals surface area contributed by atoms with E-state index < -0.39 is 0 Å². The van der Waals surface area contributed by atoms with Crippen LogP contribution in [0.25, 0.3) is 11.2 Å². The summed E-state index contributed by atoms with van der Waals surface area (Å²) in [7, 11) is 1.85. The van der Waals surface area contributed by atoms with Gasteiger partial charge in [-0.2, -0.15) is 0 Å². The maximum Gasteiger partial charge on any atom is 0.159 e. The third-order valence-corrected chi connectivity index (χ3v) is 2.08. The first-order valence-corrected chi connectivity index (χ1v) is 4.11. The van der Waals surface area contributed by atoms with Gasteiger partial charge in [-0.25, -0.2) is 9.97 Å². The van der Waals surface area contributed by atoms with Crippen molar-refractivity contribution >= 4 is 11.2 Å². The molecule has 0 fully saturated rings. The second kappa shape index (κ2) is 2.81. The summed E-state index contributed by atoms with van der Waals surface area (Å²) >= 11 is 0. The number of aliphatic hydroxyl groups excluding tert-OH is 1. The van der Waals surface area contributed by atoms with Gasteiger partial charge < -0.3 is 9.67 Å². The molecule has 0 aliphatic carbocycles. The zero-order chi connectivity index (χ0) is 9.42. The number of nitrogens with zero attached hydrogens (tertiary/aromatic N) is 3. The topological polar surface area (TPSA) is 50.9 Å². The summed E-state index contributed by atoms with van der Waals surface area (Å²) < 4.78 is 1.80. The minimum atomic E-state index is -0.0497. The highest BCUT2D eigenvalue weighted by molar-refractivity contribution is 5.71. The van der Waals surface area contributed by atoms with Crippen molar-refractivity contribution in [1.29, 1.82) is 0 Å². The van der Waals surface area contributed by atoms with Crippen LogP contribution in [0, 0.1) is 6.92 Å². The van der Waals surface area contributed by atoms with Crippen molar-refractivity contribution in [3.63, 3.8) is 0 Å². The molecule has 13 heavy (non-hydrogen) atoms. The van der Waals surface area contributed by atoms with E-state index in [9.17, 15) is 0 Å². The Labute approximate surface area is 75.9 Å². The molecule has 0 bridgehead atoms. The number of hydrogen-bond acceptors (Lipinski definition) is 3. The van der Waals surface area contributed by atoms with Gasteiger partial charge in [-0.05, 0) is 18.6 Å². The quantitative estimate of drug-likeness (QED) is 0.700. The van der Waals surface area contributed by atoms with Gasteiger partial charge in [0.15, 0.2) is 5.65 Å². The van der Waals surface area contributed by atoms with Crippen molar-refractivity contribution in [3.05, 3.63) is 23.7 Å². The lowest BCUT2D eigenvalue weighted by molar-refractivity contribution is 0.268. The summed E-state index contributed by atoms with van der Waals surface area (Å²) in [6.45, 7) is 1.92. The second-order valence-corrected chi connectivity index (χ2v) is 3.10. The van der Waals surface area contributed by atoms with Crippen molar-refractivity contribution in [3.8, 4) is 0 Å². The molecule has 2 aromatic heterocycles. The van der Waals surface area contributed by atoms with Gasteiger partial charge in [0.1, 0.15) is 17.9 Å². The predicted molar refractivity (Wildman–Crippen MR) is 49.2 cm³/mol. The zero-order valence-electron chi connectivity index (χ0n) is 7.65. The molecule has 0 atom stereocenters. The van der Waals surface area contributed by atoms with Crippen LogP contribution in [-0.4, -0.2) is 19.6 Å². The van der Waals surface area contributed by atoms with Crippen molar-refractivity contribution in [1.82, 2.24) is 14.5 Å². The van der Waals surface area contributed by atoms with Gasteiger partial charge in [0.2, 0.25) is 0 Å². The normalized spacial score (nSPS) is 11.0. The number of aliphatic hydroxyl groups is 1. The largest absolute Gasteiger partial charge is 0.388 e. The molecule has 0 aromatic carbocycles. The number of aromatic nitrogens is 3. The number of aryl methyl sites for hydroxylation is 2. The number of hydrogen-bond donors (Lipinski definition) is 1. The van der Waals surface area contributed by atoms with Gasteiger partial charge in [0.05, 0.1) is 0 Å². The summed E-state index contributed by atoms with van der Waals surface area (Å²) in [5, 5.41) is 8.98. The van der Waals surface area contributed by atoms with Crippen molar-refractivity contribution < 1.29 is 5.11 Å². The van der Waals surface area contributed by atoms with Crippen molar-refractivity contribution in [2.24, 2.45) is 7.05 Å². The molecule has 2 aromatic rings. The third kappa shape index (κ3) is 1.19. The average molecular weight is 177 g/mol. The van der Waals surface area contributed by atoms with E-state index in [2.05, 4.69) is 9.97 Å². The van der Waals surface area contributed by atoms with Crippen LogP contribution in [0.4, 0.5) is 0 Å². The smallest absolute Gasteiger partial charge is 0.159 e. The van der Waals surface area contributed by atoms with Gasteiger partial charge in [-0.3, -0.25) is 0 Å². The highest BCUT2D eigenvalue weighted by Gasteiger charge is 2.06. The lowest BCUT2D eigenvalue weighted by atomic mass is 10.3. The Morgan fingerprint density at radius 2 is 2.31 bits per heavy atom. The molecule has 2 heterocycles. The molecule has 0 radical (unpaired) electrons. The van der Waals surface area contributed by atoms with Crippen LogP contribution in [0.5, 0.6) is 0 Å². The molecule has 4 nitrogen and oxygen atoms in total. The molecule has 0 saturated heterocycles. The Kier molecular flexibility index (Phi) is 1.77. The minimum Gasteiger partial charge on any atom is -0.388 e. The summed E-state index contributed by atoms with van der Waals surface area (Å²) in [4.78, 5) is 8.48. The fraction of sp³-hybridized carbons (Fsp3) is 0.333. The molecule has 0 unspecified atom stereocenters. The van der Waals surface area contributed by atoms with E-state index in [1.165, 1.54) is 0 Å².